The molecule has 0 aromatic heterocycles. The van der Waals surface area contributed by atoms with Crippen molar-refractivity contribution in [3.8, 4) is 0 Å². The zero-order valence-corrected chi connectivity index (χ0v) is 7.28. The Hall–Kier alpha value is 0.786. The molecule has 1 nitrogen and oxygen atoms in total. The summed E-state index contributed by atoms with van der Waals surface area (Å²) in [6, 6.07) is 0. The first-order chi connectivity index (χ1) is 4.93. The Morgan fingerprint density at radius 3 is 2.91 bits per heavy atom. The smallest absolute Gasteiger partial charge is 0.276 e. The quantitative estimate of drug-likeness (QED) is 0.478. The summed E-state index contributed by atoms with van der Waals surface area (Å²) in [7, 11) is 0. The van der Waals surface area contributed by atoms with Crippen LogP contribution in [0, 0.1) is 6.54 Å². The van der Waals surface area contributed by atoms with Crippen LogP contribution in [0.5, 0.6) is 0 Å². The van der Waals surface area contributed by atoms with Crippen molar-refractivity contribution in [1.82, 2.24) is 0 Å². The first-order valence-corrected chi connectivity index (χ1v) is 4.93. The SMILES string of the molecule is CCCCCC1=N[CH]CS1.[MgH2]. The fourth-order valence-electron chi connectivity index (χ4n) is 0.973. The van der Waals surface area contributed by atoms with Crippen molar-refractivity contribution >= 4 is 39.9 Å². The largest absolute Gasteiger partial charge is 0.316 e. The lowest BCUT2D eigenvalue weighted by molar-refractivity contribution is 0.745. The summed E-state index contributed by atoms with van der Waals surface area (Å²) in [6.45, 7) is 4.24. The second-order valence-corrected chi connectivity index (χ2v) is 3.57. The lowest BCUT2D eigenvalue weighted by Crippen LogP contribution is -1.86. The number of aliphatic imine (C=N–C) groups is 1. The molecule has 0 unspecified atom stereocenters. The topological polar surface area (TPSA) is 12.4 Å². The number of hydrogen-bond acceptors (Lipinski definition) is 2. The Morgan fingerprint density at radius 1 is 1.55 bits per heavy atom. The maximum atomic E-state index is 4.26. The molecule has 1 aliphatic rings. The van der Waals surface area contributed by atoms with Gasteiger partial charge in [-0.3, -0.25) is 4.99 Å². The van der Waals surface area contributed by atoms with Crippen molar-refractivity contribution < 1.29 is 0 Å². The van der Waals surface area contributed by atoms with Crippen LogP contribution in [0.3, 0.4) is 0 Å². The molecule has 61 valence electrons. The van der Waals surface area contributed by atoms with Gasteiger partial charge in [-0.1, -0.05) is 19.8 Å². The van der Waals surface area contributed by atoms with E-state index in [1.54, 1.807) is 0 Å². The normalized spacial score (nSPS) is 15.9. The molecule has 1 radical (unpaired) electrons. The van der Waals surface area contributed by atoms with Gasteiger partial charge in [-0.2, -0.15) is 0 Å². The minimum atomic E-state index is 0. The fraction of sp³-hybridized carbons (Fsp3) is 0.750. The number of unbranched alkanes of at least 4 members (excludes halogenated alkanes) is 2. The zero-order valence-electron chi connectivity index (χ0n) is 6.47. The summed E-state index contributed by atoms with van der Waals surface area (Å²) in [5, 5.41) is 1.34. The highest BCUT2D eigenvalue weighted by molar-refractivity contribution is 8.14. The lowest BCUT2D eigenvalue weighted by atomic mass is 10.2. The molecule has 1 heterocycles. The van der Waals surface area contributed by atoms with Crippen molar-refractivity contribution in [2.24, 2.45) is 4.99 Å². The Kier molecular flexibility index (Phi) is 7.97. The Labute approximate surface area is 89.6 Å². The third kappa shape index (κ3) is 5.09. The molecule has 0 aliphatic carbocycles. The second-order valence-electron chi connectivity index (χ2n) is 2.47. The van der Waals surface area contributed by atoms with Gasteiger partial charge in [-0.05, 0) is 12.8 Å². The molecule has 3 heteroatoms. The highest BCUT2D eigenvalue weighted by Gasteiger charge is 2.05. The zero-order chi connectivity index (χ0) is 7.23. The van der Waals surface area contributed by atoms with E-state index in [1.807, 2.05) is 18.3 Å². The van der Waals surface area contributed by atoms with Gasteiger partial charge < -0.3 is 0 Å². The third-order valence-corrected chi connectivity index (χ3v) is 2.51. The fourth-order valence-corrected chi connectivity index (χ4v) is 1.75. The molecule has 0 atom stereocenters. The standard InChI is InChI=1S/C8H14NS.Mg.2H/c1-2-3-4-5-8-9-6-7-10-8;;;/h6H,2-5,7H2,1H3;;;. The van der Waals surface area contributed by atoms with Crippen LogP contribution in [0.4, 0.5) is 0 Å². The Balaban J connectivity index is 0.000001000. The molecular formula is C8H16MgNS. The molecule has 0 saturated carbocycles. The van der Waals surface area contributed by atoms with E-state index in [1.165, 1.54) is 30.7 Å². The summed E-state index contributed by atoms with van der Waals surface area (Å²) in [6.07, 6.45) is 5.17. The first kappa shape index (κ1) is 11.8. The number of rotatable bonds is 4. The summed E-state index contributed by atoms with van der Waals surface area (Å²) < 4.78 is 0. The maximum absolute atomic E-state index is 4.26. The molecule has 1 rings (SSSR count). The molecular weight excluding hydrogens is 166 g/mol. The maximum Gasteiger partial charge on any atom is 0.316 e. The van der Waals surface area contributed by atoms with E-state index >= 15 is 0 Å². The minimum absolute atomic E-state index is 0. The summed E-state index contributed by atoms with van der Waals surface area (Å²) in [5.41, 5.74) is 0. The predicted molar refractivity (Wildman–Crippen MR) is 56.9 cm³/mol. The van der Waals surface area contributed by atoms with E-state index < -0.39 is 0 Å². The molecule has 0 spiro atoms. The van der Waals surface area contributed by atoms with Gasteiger partial charge >= 0.3 is 23.1 Å². The number of nitrogens with zero attached hydrogens (tertiary/aromatic N) is 1. The second kappa shape index (κ2) is 7.44. The van der Waals surface area contributed by atoms with Gasteiger partial charge in [0.05, 0.1) is 11.6 Å². The van der Waals surface area contributed by atoms with E-state index in [4.69, 9.17) is 0 Å². The Bertz CT molecular complexity index is 125. The Morgan fingerprint density at radius 2 is 2.36 bits per heavy atom. The number of thioether (sulfide) groups is 1. The van der Waals surface area contributed by atoms with Crippen LogP contribution in [0.1, 0.15) is 32.6 Å². The highest BCUT2D eigenvalue weighted by atomic mass is 32.2. The van der Waals surface area contributed by atoms with Crippen LogP contribution in [-0.2, 0) is 0 Å². The van der Waals surface area contributed by atoms with E-state index in [-0.39, 0.29) is 23.1 Å². The van der Waals surface area contributed by atoms with Gasteiger partial charge in [0.1, 0.15) is 0 Å². The van der Waals surface area contributed by atoms with Crippen LogP contribution >= 0.6 is 11.8 Å². The van der Waals surface area contributed by atoms with E-state index in [0.29, 0.717) is 0 Å². The van der Waals surface area contributed by atoms with Crippen molar-refractivity contribution in [1.29, 1.82) is 0 Å². The van der Waals surface area contributed by atoms with Crippen LogP contribution < -0.4 is 0 Å². The van der Waals surface area contributed by atoms with Crippen LogP contribution in [0.25, 0.3) is 0 Å². The molecule has 0 fully saturated rings. The van der Waals surface area contributed by atoms with Gasteiger partial charge in [-0.25, -0.2) is 0 Å². The third-order valence-electron chi connectivity index (χ3n) is 1.55. The molecule has 0 bridgehead atoms. The van der Waals surface area contributed by atoms with Crippen molar-refractivity contribution in [3.05, 3.63) is 6.54 Å². The average molecular weight is 183 g/mol. The average Bonchev–Trinajstić information content (AvgIpc) is 2.41. The monoisotopic (exact) mass is 182 g/mol. The van der Waals surface area contributed by atoms with Crippen LogP contribution in [0.15, 0.2) is 4.99 Å². The summed E-state index contributed by atoms with van der Waals surface area (Å²) in [5.74, 6) is 1.10. The molecule has 11 heavy (non-hydrogen) atoms. The number of hydrogen-bond donors (Lipinski definition) is 0. The van der Waals surface area contributed by atoms with Crippen molar-refractivity contribution in [2.45, 2.75) is 32.6 Å². The summed E-state index contributed by atoms with van der Waals surface area (Å²) >= 11 is 1.89. The van der Waals surface area contributed by atoms with E-state index in [9.17, 15) is 0 Å². The van der Waals surface area contributed by atoms with Gasteiger partial charge in [0.15, 0.2) is 0 Å². The molecule has 1 aliphatic heterocycles. The van der Waals surface area contributed by atoms with Crippen LogP contribution in [0.2, 0.25) is 0 Å². The summed E-state index contributed by atoms with van der Waals surface area (Å²) in [4.78, 5) is 4.26. The lowest BCUT2D eigenvalue weighted by Gasteiger charge is -1.96. The molecule has 0 aromatic rings. The highest BCUT2D eigenvalue weighted by Crippen LogP contribution is 2.19. The first-order valence-electron chi connectivity index (χ1n) is 3.94. The molecule has 0 aromatic carbocycles. The predicted octanol–water partition coefficient (Wildman–Crippen LogP) is 1.96. The molecule has 0 N–H and O–H groups in total. The van der Waals surface area contributed by atoms with Crippen molar-refractivity contribution in [3.63, 3.8) is 0 Å². The minimum Gasteiger partial charge on any atom is -0.276 e. The molecule has 0 amide bonds. The van der Waals surface area contributed by atoms with Gasteiger partial charge in [0.25, 0.3) is 0 Å². The van der Waals surface area contributed by atoms with Crippen molar-refractivity contribution in [2.75, 3.05) is 5.75 Å². The molecule has 0 saturated heterocycles. The van der Waals surface area contributed by atoms with Gasteiger partial charge in [0, 0.05) is 5.75 Å². The van der Waals surface area contributed by atoms with Gasteiger partial charge in [-0.15, -0.1) is 11.8 Å². The van der Waals surface area contributed by atoms with E-state index in [0.717, 1.165) is 5.75 Å². The van der Waals surface area contributed by atoms with Crippen LogP contribution in [-0.4, -0.2) is 33.8 Å². The van der Waals surface area contributed by atoms with E-state index in [2.05, 4.69) is 11.9 Å². The van der Waals surface area contributed by atoms with Gasteiger partial charge in [0.2, 0.25) is 0 Å².